The molecule has 1 fully saturated rings. The Morgan fingerprint density at radius 3 is 2.62 bits per heavy atom. The van der Waals surface area contributed by atoms with Crippen molar-refractivity contribution in [3.63, 3.8) is 0 Å². The average Bonchev–Trinajstić information content (AvgIpc) is 2.91. The third kappa shape index (κ3) is 3.82. The largest absolute Gasteiger partial charge is 0.488 e. The molecule has 0 aliphatic carbocycles. The van der Waals surface area contributed by atoms with E-state index in [9.17, 15) is 4.79 Å². The summed E-state index contributed by atoms with van der Waals surface area (Å²) in [5, 5.41) is 11.6. The van der Waals surface area contributed by atoms with E-state index in [1.807, 2.05) is 30.3 Å². The molecule has 1 N–H and O–H groups in total. The Bertz CT molecular complexity index is 867. The van der Waals surface area contributed by atoms with Crippen molar-refractivity contribution in [1.29, 1.82) is 5.26 Å². The van der Waals surface area contributed by atoms with Crippen LogP contribution in [0, 0.1) is 11.3 Å². The third-order valence-electron chi connectivity index (χ3n) is 3.32. The molecule has 0 bridgehead atoms. The molecule has 6 heteroatoms. The number of carbonyl (C=O) groups is 1. The van der Waals surface area contributed by atoms with Gasteiger partial charge in [0.25, 0.3) is 5.91 Å². The Kier molecular flexibility index (Phi) is 4.94. The van der Waals surface area contributed by atoms with Crippen LogP contribution in [0.1, 0.15) is 16.7 Å². The maximum Gasteiger partial charge on any atom is 0.263 e. The second kappa shape index (κ2) is 7.30. The van der Waals surface area contributed by atoms with Gasteiger partial charge in [0.05, 0.1) is 10.5 Å². The minimum atomic E-state index is -0.162. The summed E-state index contributed by atoms with van der Waals surface area (Å²) in [6.45, 7) is 0.370. The highest BCUT2D eigenvalue weighted by Crippen LogP contribution is 2.26. The molecule has 1 aliphatic heterocycles. The first-order valence-corrected chi connectivity index (χ1v) is 8.34. The molecule has 118 valence electrons. The molecular formula is C18H12N2O2S2. The zero-order chi connectivity index (χ0) is 16.9. The number of hydrogen-bond donors (Lipinski definition) is 1. The molecule has 0 saturated carbocycles. The SMILES string of the molecule is N#Cc1ccccc1OCc1ccc(C=C2SC(=S)NC2=O)cc1. The maximum absolute atomic E-state index is 11.6. The highest BCUT2D eigenvalue weighted by molar-refractivity contribution is 8.26. The van der Waals surface area contributed by atoms with E-state index in [2.05, 4.69) is 11.4 Å². The first kappa shape index (κ1) is 16.2. The van der Waals surface area contributed by atoms with Gasteiger partial charge in [0.15, 0.2) is 0 Å². The lowest BCUT2D eigenvalue weighted by Gasteiger charge is -2.08. The molecule has 1 saturated heterocycles. The molecule has 2 aromatic rings. The second-order valence-corrected chi connectivity index (χ2v) is 6.71. The van der Waals surface area contributed by atoms with E-state index in [-0.39, 0.29) is 5.91 Å². The first-order chi connectivity index (χ1) is 11.7. The zero-order valence-corrected chi connectivity index (χ0v) is 14.1. The number of thioether (sulfide) groups is 1. The average molecular weight is 352 g/mol. The Morgan fingerprint density at radius 1 is 1.21 bits per heavy atom. The Labute approximate surface area is 149 Å². The van der Waals surface area contributed by atoms with Gasteiger partial charge in [-0.15, -0.1) is 0 Å². The van der Waals surface area contributed by atoms with Crippen molar-refractivity contribution in [1.82, 2.24) is 5.32 Å². The fourth-order valence-electron chi connectivity index (χ4n) is 2.13. The van der Waals surface area contributed by atoms with E-state index >= 15 is 0 Å². The van der Waals surface area contributed by atoms with Crippen molar-refractivity contribution >= 4 is 40.3 Å². The minimum absolute atomic E-state index is 0.162. The van der Waals surface area contributed by atoms with Crippen LogP contribution in [-0.4, -0.2) is 10.2 Å². The molecule has 0 spiro atoms. The normalized spacial score (nSPS) is 15.2. The Balaban J connectivity index is 1.67. The summed E-state index contributed by atoms with van der Waals surface area (Å²) in [7, 11) is 0. The van der Waals surface area contributed by atoms with Crippen LogP contribution in [0.25, 0.3) is 6.08 Å². The molecule has 0 radical (unpaired) electrons. The fraction of sp³-hybridized carbons (Fsp3) is 0.0556. The topological polar surface area (TPSA) is 62.1 Å². The van der Waals surface area contributed by atoms with E-state index in [4.69, 9.17) is 22.2 Å². The van der Waals surface area contributed by atoms with Crippen LogP contribution in [-0.2, 0) is 11.4 Å². The van der Waals surface area contributed by atoms with Crippen molar-refractivity contribution < 1.29 is 9.53 Å². The minimum Gasteiger partial charge on any atom is -0.488 e. The van der Waals surface area contributed by atoms with Crippen molar-refractivity contribution in [2.45, 2.75) is 6.61 Å². The number of nitrogens with zero attached hydrogens (tertiary/aromatic N) is 1. The smallest absolute Gasteiger partial charge is 0.263 e. The van der Waals surface area contributed by atoms with Gasteiger partial charge in [0, 0.05) is 0 Å². The highest BCUT2D eigenvalue weighted by Gasteiger charge is 2.21. The maximum atomic E-state index is 11.6. The van der Waals surface area contributed by atoms with Crippen molar-refractivity contribution in [2.24, 2.45) is 0 Å². The summed E-state index contributed by atoms with van der Waals surface area (Å²) < 4.78 is 6.17. The van der Waals surface area contributed by atoms with Gasteiger partial charge in [0.2, 0.25) is 0 Å². The molecule has 24 heavy (non-hydrogen) atoms. The molecule has 1 amide bonds. The number of nitrogens with one attached hydrogen (secondary N) is 1. The van der Waals surface area contributed by atoms with Gasteiger partial charge in [-0.25, -0.2) is 0 Å². The van der Waals surface area contributed by atoms with Gasteiger partial charge in [0.1, 0.15) is 22.7 Å². The molecule has 1 heterocycles. The van der Waals surface area contributed by atoms with Gasteiger partial charge in [-0.05, 0) is 29.3 Å². The number of ether oxygens (including phenoxy) is 1. The predicted octanol–water partition coefficient (Wildman–Crippen LogP) is 3.63. The molecule has 0 atom stereocenters. The van der Waals surface area contributed by atoms with Crippen LogP contribution in [0.4, 0.5) is 0 Å². The summed E-state index contributed by atoms with van der Waals surface area (Å²) in [4.78, 5) is 12.2. The van der Waals surface area contributed by atoms with Crippen LogP contribution in [0.15, 0.2) is 53.4 Å². The lowest BCUT2D eigenvalue weighted by molar-refractivity contribution is -0.115. The van der Waals surface area contributed by atoms with E-state index in [0.29, 0.717) is 27.1 Å². The Morgan fingerprint density at radius 2 is 1.96 bits per heavy atom. The van der Waals surface area contributed by atoms with Gasteiger partial charge in [-0.3, -0.25) is 4.79 Å². The summed E-state index contributed by atoms with van der Waals surface area (Å²) in [5.74, 6) is 0.407. The summed E-state index contributed by atoms with van der Waals surface area (Å²) in [5.41, 5.74) is 2.40. The zero-order valence-electron chi connectivity index (χ0n) is 12.5. The van der Waals surface area contributed by atoms with Crippen molar-refractivity contribution in [3.05, 3.63) is 70.1 Å². The number of benzene rings is 2. The summed E-state index contributed by atoms with van der Waals surface area (Å²) in [6.07, 6.45) is 1.80. The highest BCUT2D eigenvalue weighted by atomic mass is 32.2. The van der Waals surface area contributed by atoms with Crippen LogP contribution in [0.2, 0.25) is 0 Å². The van der Waals surface area contributed by atoms with Crippen LogP contribution >= 0.6 is 24.0 Å². The number of rotatable bonds is 4. The third-order valence-corrected chi connectivity index (χ3v) is 4.48. The number of hydrogen-bond acceptors (Lipinski definition) is 5. The van der Waals surface area contributed by atoms with Gasteiger partial charge in [-0.1, -0.05) is 60.4 Å². The van der Waals surface area contributed by atoms with Crippen LogP contribution < -0.4 is 10.1 Å². The van der Waals surface area contributed by atoms with Crippen molar-refractivity contribution in [3.8, 4) is 11.8 Å². The first-order valence-electron chi connectivity index (χ1n) is 7.11. The number of amides is 1. The molecule has 1 aliphatic rings. The van der Waals surface area contributed by atoms with E-state index < -0.39 is 0 Å². The quantitative estimate of drug-likeness (QED) is 0.672. The van der Waals surface area contributed by atoms with Gasteiger partial charge < -0.3 is 10.1 Å². The van der Waals surface area contributed by atoms with Crippen molar-refractivity contribution in [2.75, 3.05) is 0 Å². The van der Waals surface area contributed by atoms with E-state index in [1.165, 1.54) is 11.8 Å². The van der Waals surface area contributed by atoms with Crippen LogP contribution in [0.3, 0.4) is 0 Å². The Hall–Kier alpha value is -2.62. The van der Waals surface area contributed by atoms with Gasteiger partial charge >= 0.3 is 0 Å². The molecule has 3 rings (SSSR count). The molecule has 0 unspecified atom stereocenters. The fourth-order valence-corrected chi connectivity index (χ4v) is 3.17. The number of thiocarbonyl (C=S) groups is 1. The van der Waals surface area contributed by atoms with Gasteiger partial charge in [-0.2, -0.15) is 5.26 Å². The van der Waals surface area contributed by atoms with E-state index in [0.717, 1.165) is 11.1 Å². The number of para-hydroxylation sites is 1. The lowest BCUT2D eigenvalue weighted by Crippen LogP contribution is -2.17. The molecule has 4 nitrogen and oxygen atoms in total. The van der Waals surface area contributed by atoms with E-state index in [1.54, 1.807) is 24.3 Å². The molecule has 0 aromatic heterocycles. The monoisotopic (exact) mass is 352 g/mol. The predicted molar refractivity (Wildman–Crippen MR) is 98.2 cm³/mol. The standard InChI is InChI=1S/C18H12N2O2S2/c19-10-14-3-1-2-4-15(14)22-11-13-7-5-12(6-8-13)9-16-17(21)20-18(23)24-16/h1-9H,11H2,(H,20,21,23). The summed E-state index contributed by atoms with van der Waals surface area (Å²) in [6, 6.07) is 16.9. The number of nitriles is 1. The number of carbonyl (C=O) groups excluding carboxylic acids is 1. The van der Waals surface area contributed by atoms with Crippen LogP contribution in [0.5, 0.6) is 5.75 Å². The second-order valence-electron chi connectivity index (χ2n) is 4.99. The summed E-state index contributed by atoms with van der Waals surface area (Å²) >= 11 is 6.22. The lowest BCUT2D eigenvalue weighted by atomic mass is 10.1. The molecular weight excluding hydrogens is 340 g/mol. The molecule has 2 aromatic carbocycles.